The summed E-state index contributed by atoms with van der Waals surface area (Å²) in [6.07, 6.45) is 1.53. The minimum atomic E-state index is -0.845. The molecule has 0 saturated carbocycles. The molecule has 2 rings (SSSR count). The summed E-state index contributed by atoms with van der Waals surface area (Å²) in [5.41, 5.74) is 2.64. The zero-order valence-electron chi connectivity index (χ0n) is 13.0. The third kappa shape index (κ3) is 5.35. The van der Waals surface area contributed by atoms with Gasteiger partial charge in [-0.05, 0) is 58.7 Å². The SMILES string of the molecule is CCc1cccc(I)c1C(=O)O.CCc1ccccc1C(=O)O. The molecule has 0 atom stereocenters. The number of hydrogen-bond acceptors (Lipinski definition) is 2. The molecule has 0 aromatic heterocycles. The minimum Gasteiger partial charge on any atom is -0.478 e. The van der Waals surface area contributed by atoms with E-state index in [2.05, 4.69) is 0 Å². The Morgan fingerprint density at radius 3 is 1.87 bits per heavy atom. The molecule has 0 aliphatic heterocycles. The van der Waals surface area contributed by atoms with Crippen LogP contribution in [0.1, 0.15) is 45.7 Å². The molecule has 0 saturated heterocycles. The standard InChI is InChI=1S/C9H9IO2.C9H10O2/c1-2-6-4-3-5-7(10)8(6)9(11)12;1-2-7-5-3-4-6-8(7)9(10)11/h3-5H,2H2,1H3,(H,11,12);3-6H,2H2,1H3,(H,10,11). The number of carboxylic acid groups (broad SMARTS) is 2. The molecule has 0 spiro atoms. The fraction of sp³-hybridized carbons (Fsp3) is 0.222. The smallest absolute Gasteiger partial charge is 0.337 e. The summed E-state index contributed by atoms with van der Waals surface area (Å²) in [5.74, 6) is -1.68. The van der Waals surface area contributed by atoms with Crippen molar-refractivity contribution in [2.24, 2.45) is 0 Å². The number of carboxylic acids is 2. The monoisotopic (exact) mass is 426 g/mol. The molecule has 0 amide bonds. The Morgan fingerprint density at radius 1 is 0.870 bits per heavy atom. The molecule has 2 aromatic rings. The lowest BCUT2D eigenvalue weighted by Crippen LogP contribution is -2.04. The van der Waals surface area contributed by atoms with Crippen molar-refractivity contribution < 1.29 is 19.8 Å². The van der Waals surface area contributed by atoms with Crippen LogP contribution in [0.3, 0.4) is 0 Å². The van der Waals surface area contributed by atoms with Gasteiger partial charge in [0, 0.05) is 3.57 Å². The van der Waals surface area contributed by atoms with Crippen molar-refractivity contribution in [2.45, 2.75) is 26.7 Å². The van der Waals surface area contributed by atoms with Crippen LogP contribution in [0.15, 0.2) is 42.5 Å². The van der Waals surface area contributed by atoms with Crippen molar-refractivity contribution in [2.75, 3.05) is 0 Å². The third-order valence-corrected chi connectivity index (χ3v) is 4.22. The van der Waals surface area contributed by atoms with Crippen LogP contribution in [0.25, 0.3) is 0 Å². The molecule has 0 unspecified atom stereocenters. The Morgan fingerprint density at radius 2 is 1.43 bits per heavy atom. The van der Waals surface area contributed by atoms with E-state index < -0.39 is 11.9 Å². The fourth-order valence-electron chi connectivity index (χ4n) is 2.14. The van der Waals surface area contributed by atoms with E-state index in [-0.39, 0.29) is 0 Å². The van der Waals surface area contributed by atoms with Crippen LogP contribution in [0.4, 0.5) is 0 Å². The largest absolute Gasteiger partial charge is 0.478 e. The summed E-state index contributed by atoms with van der Waals surface area (Å²) in [5, 5.41) is 17.6. The van der Waals surface area contributed by atoms with E-state index >= 15 is 0 Å². The van der Waals surface area contributed by atoms with Gasteiger partial charge in [-0.3, -0.25) is 0 Å². The highest BCUT2D eigenvalue weighted by Gasteiger charge is 2.11. The van der Waals surface area contributed by atoms with Gasteiger partial charge in [-0.25, -0.2) is 9.59 Å². The molecule has 122 valence electrons. The first kappa shape index (κ1) is 19.2. The molecule has 0 fully saturated rings. The van der Waals surface area contributed by atoms with Crippen LogP contribution in [0.2, 0.25) is 0 Å². The van der Waals surface area contributed by atoms with Gasteiger partial charge in [0.15, 0.2) is 0 Å². The molecule has 2 aromatic carbocycles. The van der Waals surface area contributed by atoms with E-state index in [1.54, 1.807) is 12.1 Å². The number of halogens is 1. The maximum absolute atomic E-state index is 10.8. The molecule has 0 heterocycles. The lowest BCUT2D eigenvalue weighted by Gasteiger charge is -2.04. The van der Waals surface area contributed by atoms with Gasteiger partial charge in [0.25, 0.3) is 0 Å². The molecule has 0 aliphatic carbocycles. The van der Waals surface area contributed by atoms with E-state index in [1.165, 1.54) is 0 Å². The summed E-state index contributed by atoms with van der Waals surface area (Å²) in [6.45, 7) is 3.90. The summed E-state index contributed by atoms with van der Waals surface area (Å²) in [7, 11) is 0. The Hall–Kier alpha value is -1.89. The molecular formula is C18H19IO4. The quantitative estimate of drug-likeness (QED) is 0.707. The third-order valence-electron chi connectivity index (χ3n) is 3.32. The molecule has 5 heteroatoms. The van der Waals surface area contributed by atoms with E-state index in [0.717, 1.165) is 27.5 Å². The second kappa shape index (κ2) is 9.29. The summed E-state index contributed by atoms with van der Waals surface area (Å²) < 4.78 is 0.805. The first-order valence-corrected chi connectivity index (χ1v) is 8.32. The zero-order chi connectivity index (χ0) is 17.4. The predicted molar refractivity (Wildman–Crippen MR) is 98.3 cm³/mol. The van der Waals surface area contributed by atoms with Gasteiger partial charge in [-0.2, -0.15) is 0 Å². The summed E-state index contributed by atoms with van der Waals surface area (Å²) >= 11 is 2.04. The molecular weight excluding hydrogens is 407 g/mol. The second-order valence-corrected chi connectivity index (χ2v) is 5.91. The maximum Gasteiger partial charge on any atom is 0.337 e. The topological polar surface area (TPSA) is 74.6 Å². The minimum absolute atomic E-state index is 0.412. The number of benzene rings is 2. The molecule has 2 N–H and O–H groups in total. The Bertz CT molecular complexity index is 695. The molecule has 0 bridgehead atoms. The van der Waals surface area contributed by atoms with E-state index in [9.17, 15) is 9.59 Å². The first-order valence-electron chi connectivity index (χ1n) is 7.24. The van der Waals surface area contributed by atoms with Crippen molar-refractivity contribution in [1.29, 1.82) is 0 Å². The summed E-state index contributed by atoms with van der Waals surface area (Å²) in [4.78, 5) is 21.4. The van der Waals surface area contributed by atoms with E-state index in [4.69, 9.17) is 10.2 Å². The summed E-state index contributed by atoms with van der Waals surface area (Å²) in [6, 6.07) is 12.6. The first-order chi connectivity index (χ1) is 10.9. The van der Waals surface area contributed by atoms with Crippen molar-refractivity contribution >= 4 is 34.5 Å². The van der Waals surface area contributed by atoms with Gasteiger partial charge < -0.3 is 10.2 Å². The Balaban J connectivity index is 0.000000231. The van der Waals surface area contributed by atoms with Crippen molar-refractivity contribution in [3.63, 3.8) is 0 Å². The van der Waals surface area contributed by atoms with Crippen LogP contribution in [-0.4, -0.2) is 22.2 Å². The van der Waals surface area contributed by atoms with Crippen LogP contribution < -0.4 is 0 Å². The predicted octanol–water partition coefficient (Wildman–Crippen LogP) is 4.50. The van der Waals surface area contributed by atoms with Crippen LogP contribution >= 0.6 is 22.6 Å². The van der Waals surface area contributed by atoms with Gasteiger partial charge in [0.1, 0.15) is 0 Å². The highest BCUT2D eigenvalue weighted by Crippen LogP contribution is 2.17. The van der Waals surface area contributed by atoms with Crippen molar-refractivity contribution in [3.8, 4) is 0 Å². The van der Waals surface area contributed by atoms with Crippen LogP contribution in [0.5, 0.6) is 0 Å². The Labute approximate surface area is 149 Å². The van der Waals surface area contributed by atoms with Crippen molar-refractivity contribution in [3.05, 3.63) is 68.3 Å². The van der Waals surface area contributed by atoms with Gasteiger partial charge in [0.2, 0.25) is 0 Å². The van der Waals surface area contributed by atoms with E-state index in [0.29, 0.717) is 11.1 Å². The van der Waals surface area contributed by atoms with Crippen LogP contribution in [0, 0.1) is 3.57 Å². The van der Waals surface area contributed by atoms with Gasteiger partial charge >= 0.3 is 11.9 Å². The molecule has 23 heavy (non-hydrogen) atoms. The number of carbonyl (C=O) groups is 2. The molecule has 4 nitrogen and oxygen atoms in total. The average molecular weight is 426 g/mol. The van der Waals surface area contributed by atoms with Gasteiger partial charge in [-0.1, -0.05) is 44.2 Å². The lowest BCUT2D eigenvalue weighted by atomic mass is 10.1. The maximum atomic E-state index is 10.8. The lowest BCUT2D eigenvalue weighted by molar-refractivity contribution is 0.0684. The second-order valence-electron chi connectivity index (χ2n) is 4.75. The van der Waals surface area contributed by atoms with E-state index in [1.807, 2.05) is 66.8 Å². The molecule has 0 aliphatic rings. The number of hydrogen-bond donors (Lipinski definition) is 2. The van der Waals surface area contributed by atoms with Gasteiger partial charge in [0.05, 0.1) is 11.1 Å². The van der Waals surface area contributed by atoms with Crippen LogP contribution in [-0.2, 0) is 12.8 Å². The average Bonchev–Trinajstić information content (AvgIpc) is 2.54. The highest BCUT2D eigenvalue weighted by atomic mass is 127. The van der Waals surface area contributed by atoms with Gasteiger partial charge in [-0.15, -0.1) is 0 Å². The number of aromatic carboxylic acids is 2. The Kier molecular flexibility index (Phi) is 7.74. The van der Waals surface area contributed by atoms with Crippen molar-refractivity contribution in [1.82, 2.24) is 0 Å². The molecule has 0 radical (unpaired) electrons. The fourth-order valence-corrected chi connectivity index (χ4v) is 2.92. The highest BCUT2D eigenvalue weighted by molar-refractivity contribution is 14.1. The number of aryl methyl sites for hydroxylation is 2. The zero-order valence-corrected chi connectivity index (χ0v) is 15.2. The normalized spacial score (nSPS) is 9.70. The number of rotatable bonds is 4.